The fourth-order valence-electron chi connectivity index (χ4n) is 6.11. The van der Waals surface area contributed by atoms with Crippen LogP contribution in [-0.2, 0) is 19.1 Å². The molecule has 26 heavy (non-hydrogen) atoms. The lowest BCUT2D eigenvalue weighted by Crippen LogP contribution is -2.65. The summed E-state index contributed by atoms with van der Waals surface area (Å²) in [6.07, 6.45) is 6.77. The largest absolute Gasteiger partial charge is 0.455 e. The van der Waals surface area contributed by atoms with Crippen LogP contribution in [0.15, 0.2) is 0 Å². The van der Waals surface area contributed by atoms with E-state index in [9.17, 15) is 9.59 Å². The molecule has 148 valence electrons. The number of carbonyl (C=O) groups excluding carboxylic acids is 2. The van der Waals surface area contributed by atoms with Gasteiger partial charge in [0, 0.05) is 17.3 Å². The standard InChI is InChI=1S/C22H36O4/c1-7-21(5,6)19(24)25-13-18(23)26-22(20(2,3)4)16-9-14-8-15(11-16)12-17(22)10-14/h14-17H,7-13H2,1-6H3. The molecule has 4 aliphatic rings. The predicted molar refractivity (Wildman–Crippen MR) is 100 cm³/mol. The minimum absolute atomic E-state index is 0.113. The van der Waals surface area contributed by atoms with Crippen molar-refractivity contribution in [1.82, 2.24) is 0 Å². The maximum atomic E-state index is 12.7. The van der Waals surface area contributed by atoms with Gasteiger partial charge in [0.05, 0.1) is 5.41 Å². The van der Waals surface area contributed by atoms with Gasteiger partial charge in [0.2, 0.25) is 0 Å². The van der Waals surface area contributed by atoms with Crippen LogP contribution in [-0.4, -0.2) is 24.1 Å². The molecule has 0 heterocycles. The van der Waals surface area contributed by atoms with Crippen molar-refractivity contribution in [2.24, 2.45) is 34.5 Å². The van der Waals surface area contributed by atoms with Gasteiger partial charge in [-0.3, -0.25) is 4.79 Å². The molecule has 4 fully saturated rings. The summed E-state index contributed by atoms with van der Waals surface area (Å²) in [5.41, 5.74) is -1.09. The van der Waals surface area contributed by atoms with Gasteiger partial charge in [-0.2, -0.15) is 0 Å². The fraction of sp³-hybridized carbons (Fsp3) is 0.909. The van der Waals surface area contributed by atoms with E-state index in [1.807, 2.05) is 20.8 Å². The minimum atomic E-state index is -0.565. The molecular weight excluding hydrogens is 328 g/mol. The molecule has 4 saturated carbocycles. The molecule has 0 radical (unpaired) electrons. The zero-order valence-corrected chi connectivity index (χ0v) is 17.4. The molecule has 0 N–H and O–H groups in total. The Balaban J connectivity index is 1.72. The van der Waals surface area contributed by atoms with Crippen molar-refractivity contribution >= 4 is 11.9 Å². The first-order valence-electron chi connectivity index (χ1n) is 10.4. The molecular formula is C22H36O4. The van der Waals surface area contributed by atoms with Crippen molar-refractivity contribution in [3.8, 4) is 0 Å². The molecule has 4 nitrogen and oxygen atoms in total. The number of esters is 2. The third kappa shape index (κ3) is 3.18. The van der Waals surface area contributed by atoms with Gasteiger partial charge in [0.1, 0.15) is 5.60 Å². The Hall–Kier alpha value is -1.06. The van der Waals surface area contributed by atoms with Crippen LogP contribution in [0.1, 0.15) is 80.1 Å². The van der Waals surface area contributed by atoms with Gasteiger partial charge in [0.15, 0.2) is 6.61 Å². The lowest BCUT2D eigenvalue weighted by Gasteiger charge is -2.64. The zero-order valence-electron chi connectivity index (χ0n) is 17.4. The summed E-state index contributed by atoms with van der Waals surface area (Å²) in [6, 6.07) is 0. The molecule has 4 bridgehead atoms. The third-order valence-corrected chi connectivity index (χ3v) is 7.56. The third-order valence-electron chi connectivity index (χ3n) is 7.56. The van der Waals surface area contributed by atoms with Crippen LogP contribution < -0.4 is 0 Å². The molecule has 0 amide bonds. The van der Waals surface area contributed by atoms with Gasteiger partial charge < -0.3 is 9.47 Å². The Labute approximate surface area is 158 Å². The van der Waals surface area contributed by atoms with Crippen LogP contribution in [0, 0.1) is 34.5 Å². The molecule has 0 aliphatic heterocycles. The Bertz CT molecular complexity index is 541. The van der Waals surface area contributed by atoms with Crippen molar-refractivity contribution in [3.05, 3.63) is 0 Å². The highest BCUT2D eigenvalue weighted by atomic mass is 16.6. The molecule has 0 aromatic rings. The first-order valence-corrected chi connectivity index (χ1v) is 10.4. The molecule has 4 rings (SSSR count). The second-order valence-corrected chi connectivity index (χ2v) is 10.6. The van der Waals surface area contributed by atoms with Crippen molar-refractivity contribution in [3.63, 3.8) is 0 Å². The van der Waals surface area contributed by atoms with Crippen LogP contribution in [0.2, 0.25) is 0 Å². The Morgan fingerprint density at radius 1 is 0.923 bits per heavy atom. The van der Waals surface area contributed by atoms with E-state index in [0.717, 1.165) is 11.8 Å². The molecule has 0 spiro atoms. The van der Waals surface area contributed by atoms with Crippen LogP contribution in [0.5, 0.6) is 0 Å². The number of hydrogen-bond donors (Lipinski definition) is 0. The van der Waals surface area contributed by atoms with Crippen LogP contribution in [0.4, 0.5) is 0 Å². The van der Waals surface area contributed by atoms with E-state index in [0.29, 0.717) is 18.3 Å². The summed E-state index contributed by atoms with van der Waals surface area (Å²) in [6.45, 7) is 12.0. The van der Waals surface area contributed by atoms with E-state index in [4.69, 9.17) is 9.47 Å². The molecule has 0 aromatic carbocycles. The van der Waals surface area contributed by atoms with E-state index >= 15 is 0 Å². The maximum absolute atomic E-state index is 12.7. The molecule has 0 atom stereocenters. The Kier molecular flexibility index (Phi) is 4.94. The number of rotatable bonds is 5. The summed E-state index contributed by atoms with van der Waals surface area (Å²) >= 11 is 0. The van der Waals surface area contributed by atoms with E-state index in [-0.39, 0.29) is 24.0 Å². The monoisotopic (exact) mass is 364 g/mol. The van der Waals surface area contributed by atoms with Crippen LogP contribution >= 0.6 is 0 Å². The first kappa shape index (κ1) is 19.7. The van der Waals surface area contributed by atoms with Crippen molar-refractivity contribution in [1.29, 1.82) is 0 Å². The van der Waals surface area contributed by atoms with Crippen molar-refractivity contribution < 1.29 is 19.1 Å². The van der Waals surface area contributed by atoms with E-state index in [2.05, 4.69) is 20.8 Å². The molecule has 4 aliphatic carbocycles. The summed E-state index contributed by atoms with van der Waals surface area (Å²) in [4.78, 5) is 24.9. The predicted octanol–water partition coefficient (Wildman–Crippen LogP) is 4.75. The summed E-state index contributed by atoms with van der Waals surface area (Å²) in [7, 11) is 0. The van der Waals surface area contributed by atoms with Crippen LogP contribution in [0.3, 0.4) is 0 Å². The van der Waals surface area contributed by atoms with Gasteiger partial charge >= 0.3 is 11.9 Å². The second kappa shape index (κ2) is 6.53. The highest BCUT2D eigenvalue weighted by Crippen LogP contribution is 2.64. The number of hydrogen-bond acceptors (Lipinski definition) is 4. The van der Waals surface area contributed by atoms with Gasteiger partial charge in [-0.15, -0.1) is 0 Å². The van der Waals surface area contributed by atoms with Gasteiger partial charge in [-0.05, 0) is 64.2 Å². The highest BCUT2D eigenvalue weighted by molar-refractivity contribution is 5.80. The van der Waals surface area contributed by atoms with Gasteiger partial charge in [-0.1, -0.05) is 27.7 Å². The smallest absolute Gasteiger partial charge is 0.344 e. The normalized spacial score (nSPS) is 36.1. The van der Waals surface area contributed by atoms with E-state index in [1.165, 1.54) is 32.1 Å². The quantitative estimate of drug-likeness (QED) is 0.661. The number of ether oxygens (including phenoxy) is 2. The number of carbonyl (C=O) groups is 2. The first-order chi connectivity index (χ1) is 12.0. The lowest BCUT2D eigenvalue weighted by atomic mass is 9.45. The van der Waals surface area contributed by atoms with E-state index < -0.39 is 11.0 Å². The van der Waals surface area contributed by atoms with Gasteiger partial charge in [-0.25, -0.2) is 4.79 Å². The highest BCUT2D eigenvalue weighted by Gasteiger charge is 2.64. The van der Waals surface area contributed by atoms with Gasteiger partial charge in [0.25, 0.3) is 0 Å². The average Bonchev–Trinajstić information content (AvgIpc) is 2.54. The van der Waals surface area contributed by atoms with Crippen molar-refractivity contribution in [2.75, 3.05) is 6.61 Å². The van der Waals surface area contributed by atoms with Crippen molar-refractivity contribution in [2.45, 2.75) is 85.7 Å². The molecule has 0 aromatic heterocycles. The SMILES string of the molecule is CCC(C)(C)C(=O)OCC(=O)OC1(C(C)(C)C)C2CC3CC(C2)CC1C3. The maximum Gasteiger partial charge on any atom is 0.344 e. The minimum Gasteiger partial charge on any atom is -0.455 e. The summed E-state index contributed by atoms with van der Waals surface area (Å²) in [5.74, 6) is 1.82. The molecule has 0 unspecified atom stereocenters. The second-order valence-electron chi connectivity index (χ2n) is 10.6. The molecule has 4 heteroatoms. The summed E-state index contributed by atoms with van der Waals surface area (Å²) in [5, 5.41) is 0. The average molecular weight is 365 g/mol. The fourth-order valence-corrected chi connectivity index (χ4v) is 6.11. The molecule has 0 saturated heterocycles. The van der Waals surface area contributed by atoms with Crippen LogP contribution in [0.25, 0.3) is 0 Å². The Morgan fingerprint density at radius 2 is 1.42 bits per heavy atom. The topological polar surface area (TPSA) is 52.6 Å². The summed E-state index contributed by atoms with van der Waals surface area (Å²) < 4.78 is 11.6. The van der Waals surface area contributed by atoms with E-state index in [1.54, 1.807) is 0 Å². The zero-order chi connectivity index (χ0) is 19.3. The lowest BCUT2D eigenvalue weighted by molar-refractivity contribution is -0.246. The Morgan fingerprint density at radius 3 is 1.85 bits per heavy atom.